The Morgan fingerprint density at radius 3 is 2.33 bits per heavy atom. The predicted octanol–water partition coefficient (Wildman–Crippen LogP) is 3.76. The summed E-state index contributed by atoms with van der Waals surface area (Å²) in [5, 5.41) is 5.73. The zero-order chi connectivity index (χ0) is 23.9. The molecule has 0 spiro atoms. The second-order valence-electron chi connectivity index (χ2n) is 8.21. The number of ether oxygens (including phenoxy) is 2. The molecule has 3 saturated carbocycles. The molecule has 0 atom stereocenters. The minimum Gasteiger partial charge on any atom is -0.484 e. The molecule has 3 fully saturated rings. The number of halogens is 5. The van der Waals surface area contributed by atoms with Crippen LogP contribution in [0.5, 0.6) is 11.5 Å². The van der Waals surface area contributed by atoms with Gasteiger partial charge in [0.2, 0.25) is 0 Å². The van der Waals surface area contributed by atoms with Crippen LogP contribution in [-0.4, -0.2) is 40.8 Å². The molecule has 1 aromatic heterocycles. The molecule has 176 valence electrons. The number of hydrogen-bond donors (Lipinski definition) is 2. The van der Waals surface area contributed by atoms with Gasteiger partial charge in [0, 0.05) is 17.1 Å². The van der Waals surface area contributed by atoms with Crippen molar-refractivity contribution in [2.45, 2.75) is 43.1 Å². The van der Waals surface area contributed by atoms with Gasteiger partial charge in [-0.1, -0.05) is 11.6 Å². The maximum Gasteiger partial charge on any atom is 0.573 e. The number of alkyl halides is 3. The molecule has 0 unspecified atom stereocenters. The van der Waals surface area contributed by atoms with Gasteiger partial charge in [-0.05, 0) is 49.9 Å². The van der Waals surface area contributed by atoms with Gasteiger partial charge in [0.1, 0.15) is 23.0 Å². The van der Waals surface area contributed by atoms with Crippen molar-refractivity contribution < 1.29 is 36.6 Å². The molecule has 5 rings (SSSR count). The van der Waals surface area contributed by atoms with Gasteiger partial charge in [0.25, 0.3) is 11.8 Å². The Morgan fingerprint density at radius 2 is 1.73 bits per heavy atom. The minimum atomic E-state index is -4.84. The molecule has 33 heavy (non-hydrogen) atoms. The van der Waals surface area contributed by atoms with E-state index >= 15 is 0 Å². The number of nitrogens with one attached hydrogen (secondary N) is 2. The molecule has 2 amide bonds. The Labute approximate surface area is 190 Å². The van der Waals surface area contributed by atoms with Crippen LogP contribution in [0, 0.1) is 5.82 Å². The highest BCUT2D eigenvalue weighted by atomic mass is 35.5. The first kappa shape index (κ1) is 23.1. The Kier molecular flexibility index (Phi) is 5.85. The largest absolute Gasteiger partial charge is 0.573 e. The Hall–Kier alpha value is -3.08. The van der Waals surface area contributed by atoms with Crippen LogP contribution < -0.4 is 20.1 Å². The third-order valence-electron chi connectivity index (χ3n) is 5.68. The zero-order valence-corrected chi connectivity index (χ0v) is 17.7. The first-order chi connectivity index (χ1) is 15.5. The standard InChI is InChI=1S/C21H18ClF4N3O4/c22-14-3-1-12(7-15(14)23)32-9-17(30)28-19-5-6-20(10-19,11-19)29-18(31)16-4-2-13(8-27-16)33-21(24,25)26/h1-4,7-8H,5-6,9-11H2,(H,28,30)(H,29,31). The van der Waals surface area contributed by atoms with Crippen molar-refractivity contribution >= 4 is 23.4 Å². The summed E-state index contributed by atoms with van der Waals surface area (Å²) in [6.07, 6.45) is -1.75. The molecule has 2 bridgehead atoms. The third-order valence-corrected chi connectivity index (χ3v) is 5.99. The normalized spacial score (nSPS) is 23.4. The van der Waals surface area contributed by atoms with E-state index in [4.69, 9.17) is 16.3 Å². The van der Waals surface area contributed by atoms with Crippen molar-refractivity contribution in [3.8, 4) is 11.5 Å². The smallest absolute Gasteiger partial charge is 0.484 e. The number of amides is 2. The summed E-state index contributed by atoms with van der Waals surface area (Å²) in [5.41, 5.74) is -1.04. The second-order valence-corrected chi connectivity index (χ2v) is 8.62. The van der Waals surface area contributed by atoms with Gasteiger partial charge >= 0.3 is 6.36 Å². The topological polar surface area (TPSA) is 89.6 Å². The van der Waals surface area contributed by atoms with E-state index in [1.165, 1.54) is 12.1 Å². The van der Waals surface area contributed by atoms with E-state index in [2.05, 4.69) is 20.4 Å². The second kappa shape index (κ2) is 8.36. The number of hydrogen-bond acceptors (Lipinski definition) is 5. The van der Waals surface area contributed by atoms with Crippen LogP contribution in [0.1, 0.15) is 36.2 Å². The monoisotopic (exact) mass is 487 g/mol. The van der Waals surface area contributed by atoms with Crippen molar-refractivity contribution in [3.63, 3.8) is 0 Å². The molecule has 3 aliphatic carbocycles. The maximum absolute atomic E-state index is 13.5. The fourth-order valence-corrected chi connectivity index (χ4v) is 4.56. The summed E-state index contributed by atoms with van der Waals surface area (Å²) in [7, 11) is 0. The Bertz CT molecular complexity index is 1070. The number of pyridine rings is 1. The van der Waals surface area contributed by atoms with Crippen LogP contribution in [-0.2, 0) is 4.79 Å². The highest BCUT2D eigenvalue weighted by Crippen LogP contribution is 2.55. The fraction of sp³-hybridized carbons (Fsp3) is 0.381. The van der Waals surface area contributed by atoms with Gasteiger partial charge < -0.3 is 20.1 Å². The highest BCUT2D eigenvalue weighted by Gasteiger charge is 2.62. The molecule has 12 heteroatoms. The first-order valence-electron chi connectivity index (χ1n) is 9.90. The van der Waals surface area contributed by atoms with E-state index in [1.807, 2.05) is 0 Å². The number of carbonyl (C=O) groups is 2. The van der Waals surface area contributed by atoms with Crippen LogP contribution in [0.3, 0.4) is 0 Å². The number of carbonyl (C=O) groups excluding carboxylic acids is 2. The van der Waals surface area contributed by atoms with Crippen LogP contribution >= 0.6 is 11.6 Å². The van der Waals surface area contributed by atoms with E-state index in [9.17, 15) is 27.2 Å². The minimum absolute atomic E-state index is 0.0454. The van der Waals surface area contributed by atoms with E-state index in [0.717, 1.165) is 24.4 Å². The summed E-state index contributed by atoms with van der Waals surface area (Å²) in [4.78, 5) is 28.5. The number of nitrogens with zero attached hydrogens (tertiary/aromatic N) is 1. The van der Waals surface area contributed by atoms with E-state index in [-0.39, 0.29) is 29.0 Å². The van der Waals surface area contributed by atoms with Gasteiger partial charge in [0.05, 0.1) is 11.2 Å². The van der Waals surface area contributed by atoms with Gasteiger partial charge in [-0.3, -0.25) is 9.59 Å². The average molecular weight is 488 g/mol. The maximum atomic E-state index is 13.5. The SMILES string of the molecule is O=C(COc1ccc(Cl)c(F)c1)NC12CCC(NC(=O)c3ccc(OC(F)(F)F)cn3)(C1)C2. The van der Waals surface area contributed by atoms with Crippen molar-refractivity contribution in [1.82, 2.24) is 15.6 Å². The molecular formula is C21H18ClF4N3O4. The molecule has 3 aliphatic rings. The summed E-state index contributed by atoms with van der Waals surface area (Å²) in [5.74, 6) is -1.91. The van der Waals surface area contributed by atoms with Crippen molar-refractivity contribution in [3.05, 3.63) is 53.1 Å². The summed E-state index contributed by atoms with van der Waals surface area (Å²) in [6, 6.07) is 6.02. The quantitative estimate of drug-likeness (QED) is 0.580. The zero-order valence-electron chi connectivity index (χ0n) is 17.0. The van der Waals surface area contributed by atoms with Gasteiger partial charge in [-0.15, -0.1) is 13.2 Å². The van der Waals surface area contributed by atoms with Crippen molar-refractivity contribution in [1.29, 1.82) is 0 Å². The van der Waals surface area contributed by atoms with Crippen molar-refractivity contribution in [2.75, 3.05) is 6.61 Å². The average Bonchev–Trinajstić information content (AvgIpc) is 3.23. The first-order valence-corrected chi connectivity index (χ1v) is 10.3. The van der Waals surface area contributed by atoms with Crippen LogP contribution in [0.2, 0.25) is 5.02 Å². The number of fused-ring (bicyclic) bond motifs is 1. The highest BCUT2D eigenvalue weighted by molar-refractivity contribution is 6.30. The molecule has 7 nitrogen and oxygen atoms in total. The lowest BCUT2D eigenvalue weighted by molar-refractivity contribution is -0.274. The fourth-order valence-electron chi connectivity index (χ4n) is 4.44. The molecule has 1 heterocycles. The molecule has 0 radical (unpaired) electrons. The van der Waals surface area contributed by atoms with Crippen LogP contribution in [0.15, 0.2) is 36.5 Å². The van der Waals surface area contributed by atoms with Gasteiger partial charge in [-0.25, -0.2) is 9.37 Å². The summed E-state index contributed by atoms with van der Waals surface area (Å²) >= 11 is 5.61. The van der Waals surface area contributed by atoms with Crippen LogP contribution in [0.25, 0.3) is 0 Å². The number of benzene rings is 1. The van der Waals surface area contributed by atoms with Gasteiger partial charge in [0.15, 0.2) is 6.61 Å². The predicted molar refractivity (Wildman–Crippen MR) is 107 cm³/mol. The lowest BCUT2D eigenvalue weighted by atomic mass is 9.71. The molecule has 0 saturated heterocycles. The van der Waals surface area contributed by atoms with Crippen LogP contribution in [0.4, 0.5) is 17.6 Å². The lowest BCUT2D eigenvalue weighted by Crippen LogP contribution is -2.64. The molecular weight excluding hydrogens is 470 g/mol. The van der Waals surface area contributed by atoms with E-state index in [0.29, 0.717) is 25.7 Å². The summed E-state index contributed by atoms with van der Waals surface area (Å²) in [6.45, 7) is -0.307. The van der Waals surface area contributed by atoms with Gasteiger partial charge in [-0.2, -0.15) is 0 Å². The molecule has 0 aliphatic heterocycles. The Morgan fingerprint density at radius 1 is 1.06 bits per heavy atom. The Balaban J connectivity index is 1.27. The lowest BCUT2D eigenvalue weighted by Gasteiger charge is -2.48. The molecule has 1 aromatic carbocycles. The molecule has 2 aromatic rings. The summed E-state index contributed by atoms with van der Waals surface area (Å²) < 4.78 is 59.2. The third kappa shape index (κ3) is 5.29. The van der Waals surface area contributed by atoms with Crippen molar-refractivity contribution in [2.24, 2.45) is 0 Å². The van der Waals surface area contributed by atoms with E-state index < -0.39 is 34.9 Å². The molecule has 2 N–H and O–H groups in total. The number of aromatic nitrogens is 1. The van der Waals surface area contributed by atoms with E-state index in [1.54, 1.807) is 0 Å². The number of rotatable bonds is 7.